The number of halogens is 1. The molecule has 1 atom stereocenters. The molecule has 0 aliphatic rings. The molecular formula is C10H13BrO2. The van der Waals surface area contributed by atoms with Gasteiger partial charge in [0, 0.05) is 17.5 Å². The standard InChI is InChI=1S/C10H13BrO2/c1-7-4-8(6-9(11)5-7)10(13)2-3-12/h4-6,10,12-13H,2-3H2,1H3. The lowest BCUT2D eigenvalue weighted by molar-refractivity contribution is 0.134. The lowest BCUT2D eigenvalue weighted by atomic mass is 10.0. The van der Waals surface area contributed by atoms with Crippen LogP contribution in [0.25, 0.3) is 0 Å². The number of aliphatic hydroxyl groups is 2. The second kappa shape index (κ2) is 4.74. The summed E-state index contributed by atoms with van der Waals surface area (Å²) in [6, 6.07) is 5.77. The van der Waals surface area contributed by atoms with E-state index in [-0.39, 0.29) is 6.61 Å². The van der Waals surface area contributed by atoms with Crippen molar-refractivity contribution in [2.75, 3.05) is 6.61 Å². The summed E-state index contributed by atoms with van der Waals surface area (Å²) in [7, 11) is 0. The van der Waals surface area contributed by atoms with Crippen molar-refractivity contribution in [3.63, 3.8) is 0 Å². The predicted octanol–water partition coefficient (Wildman–Crippen LogP) is 2.17. The van der Waals surface area contributed by atoms with Gasteiger partial charge in [-0.1, -0.05) is 22.0 Å². The van der Waals surface area contributed by atoms with Crippen LogP contribution in [0.4, 0.5) is 0 Å². The summed E-state index contributed by atoms with van der Waals surface area (Å²) in [5, 5.41) is 18.3. The van der Waals surface area contributed by atoms with Crippen LogP contribution in [-0.4, -0.2) is 16.8 Å². The summed E-state index contributed by atoms with van der Waals surface area (Å²) < 4.78 is 0.958. The van der Waals surface area contributed by atoms with Crippen LogP contribution < -0.4 is 0 Å². The zero-order chi connectivity index (χ0) is 9.84. The molecule has 0 heterocycles. The van der Waals surface area contributed by atoms with Crippen LogP contribution >= 0.6 is 15.9 Å². The molecule has 1 aromatic rings. The Hall–Kier alpha value is -0.380. The molecule has 72 valence electrons. The minimum absolute atomic E-state index is 0.00667. The van der Waals surface area contributed by atoms with Gasteiger partial charge in [-0.05, 0) is 30.2 Å². The summed E-state index contributed by atoms with van der Waals surface area (Å²) in [4.78, 5) is 0. The Morgan fingerprint density at radius 3 is 2.62 bits per heavy atom. The molecule has 0 fully saturated rings. The quantitative estimate of drug-likeness (QED) is 0.856. The number of rotatable bonds is 3. The van der Waals surface area contributed by atoms with Crippen LogP contribution in [-0.2, 0) is 0 Å². The molecule has 1 aromatic carbocycles. The van der Waals surface area contributed by atoms with Gasteiger partial charge in [0.15, 0.2) is 0 Å². The van der Waals surface area contributed by atoms with E-state index in [2.05, 4.69) is 15.9 Å². The zero-order valence-corrected chi connectivity index (χ0v) is 9.08. The van der Waals surface area contributed by atoms with Crippen molar-refractivity contribution in [2.45, 2.75) is 19.4 Å². The Bertz CT molecular complexity index is 266. The Morgan fingerprint density at radius 2 is 2.08 bits per heavy atom. The van der Waals surface area contributed by atoms with Gasteiger partial charge in [0.05, 0.1) is 6.10 Å². The lowest BCUT2D eigenvalue weighted by Gasteiger charge is -2.10. The average Bonchev–Trinajstić information content (AvgIpc) is 2.03. The Labute approximate surface area is 86.3 Å². The molecule has 13 heavy (non-hydrogen) atoms. The molecular weight excluding hydrogens is 232 g/mol. The fourth-order valence-corrected chi connectivity index (χ4v) is 1.87. The minimum atomic E-state index is -0.568. The molecule has 0 saturated carbocycles. The highest BCUT2D eigenvalue weighted by atomic mass is 79.9. The second-order valence-corrected chi connectivity index (χ2v) is 4.01. The van der Waals surface area contributed by atoms with Crippen LogP contribution in [0.5, 0.6) is 0 Å². The first-order valence-corrected chi connectivity index (χ1v) is 4.99. The van der Waals surface area contributed by atoms with Gasteiger partial charge in [-0.25, -0.2) is 0 Å². The van der Waals surface area contributed by atoms with E-state index in [0.717, 1.165) is 15.6 Å². The lowest BCUT2D eigenvalue weighted by Crippen LogP contribution is -2.00. The summed E-state index contributed by atoms with van der Waals surface area (Å²) in [5.41, 5.74) is 1.95. The average molecular weight is 245 g/mol. The topological polar surface area (TPSA) is 40.5 Å². The van der Waals surface area contributed by atoms with E-state index >= 15 is 0 Å². The zero-order valence-electron chi connectivity index (χ0n) is 7.50. The molecule has 0 saturated heterocycles. The van der Waals surface area contributed by atoms with Crippen LogP contribution in [0.15, 0.2) is 22.7 Å². The summed E-state index contributed by atoms with van der Waals surface area (Å²) in [6.45, 7) is 1.98. The molecule has 0 aliphatic heterocycles. The SMILES string of the molecule is Cc1cc(Br)cc(C(O)CCO)c1. The third-order valence-corrected chi connectivity index (χ3v) is 2.31. The first-order valence-electron chi connectivity index (χ1n) is 4.19. The van der Waals surface area contributed by atoms with Gasteiger partial charge in [-0.15, -0.1) is 0 Å². The van der Waals surface area contributed by atoms with Gasteiger partial charge in [0.1, 0.15) is 0 Å². The number of aliphatic hydroxyl groups excluding tert-OH is 2. The van der Waals surface area contributed by atoms with Crippen molar-refractivity contribution in [2.24, 2.45) is 0 Å². The highest BCUT2D eigenvalue weighted by Gasteiger charge is 2.07. The highest BCUT2D eigenvalue weighted by Crippen LogP contribution is 2.22. The van der Waals surface area contributed by atoms with E-state index in [0.29, 0.717) is 6.42 Å². The van der Waals surface area contributed by atoms with Crippen molar-refractivity contribution in [3.8, 4) is 0 Å². The van der Waals surface area contributed by atoms with Crippen LogP contribution in [0.2, 0.25) is 0 Å². The molecule has 0 bridgehead atoms. The number of aryl methyl sites for hydroxylation is 1. The Morgan fingerprint density at radius 1 is 1.38 bits per heavy atom. The number of benzene rings is 1. The number of hydrogen-bond acceptors (Lipinski definition) is 2. The summed E-state index contributed by atoms with van der Waals surface area (Å²) >= 11 is 3.36. The molecule has 0 radical (unpaired) electrons. The van der Waals surface area contributed by atoms with Gasteiger partial charge in [-0.2, -0.15) is 0 Å². The largest absolute Gasteiger partial charge is 0.396 e. The molecule has 0 amide bonds. The normalized spacial score (nSPS) is 12.9. The molecule has 0 aromatic heterocycles. The third kappa shape index (κ3) is 3.10. The van der Waals surface area contributed by atoms with E-state index in [9.17, 15) is 5.11 Å². The Kier molecular flexibility index (Phi) is 3.90. The summed E-state index contributed by atoms with van der Waals surface area (Å²) in [6.07, 6.45) is -0.184. The van der Waals surface area contributed by atoms with E-state index < -0.39 is 6.10 Å². The maximum absolute atomic E-state index is 9.59. The molecule has 2 nitrogen and oxygen atoms in total. The van der Waals surface area contributed by atoms with E-state index in [1.807, 2.05) is 25.1 Å². The fourth-order valence-electron chi connectivity index (χ4n) is 1.25. The predicted molar refractivity (Wildman–Crippen MR) is 55.5 cm³/mol. The molecule has 0 aliphatic carbocycles. The van der Waals surface area contributed by atoms with E-state index in [4.69, 9.17) is 5.11 Å². The minimum Gasteiger partial charge on any atom is -0.396 e. The fraction of sp³-hybridized carbons (Fsp3) is 0.400. The van der Waals surface area contributed by atoms with Gasteiger partial charge in [0.25, 0.3) is 0 Å². The first kappa shape index (κ1) is 10.7. The summed E-state index contributed by atoms with van der Waals surface area (Å²) in [5.74, 6) is 0. The second-order valence-electron chi connectivity index (χ2n) is 3.09. The molecule has 3 heteroatoms. The van der Waals surface area contributed by atoms with Crippen LogP contribution in [0.1, 0.15) is 23.7 Å². The van der Waals surface area contributed by atoms with Crippen molar-refractivity contribution in [1.29, 1.82) is 0 Å². The molecule has 1 rings (SSSR count). The van der Waals surface area contributed by atoms with Crippen molar-refractivity contribution >= 4 is 15.9 Å². The first-order chi connectivity index (χ1) is 6.13. The number of hydrogen-bond donors (Lipinski definition) is 2. The smallest absolute Gasteiger partial charge is 0.0812 e. The van der Waals surface area contributed by atoms with Gasteiger partial charge < -0.3 is 10.2 Å². The van der Waals surface area contributed by atoms with E-state index in [1.165, 1.54) is 0 Å². The maximum atomic E-state index is 9.59. The van der Waals surface area contributed by atoms with Crippen LogP contribution in [0, 0.1) is 6.92 Å². The van der Waals surface area contributed by atoms with Gasteiger partial charge in [-0.3, -0.25) is 0 Å². The van der Waals surface area contributed by atoms with Gasteiger partial charge >= 0.3 is 0 Å². The third-order valence-electron chi connectivity index (χ3n) is 1.85. The van der Waals surface area contributed by atoms with E-state index in [1.54, 1.807) is 0 Å². The molecule has 1 unspecified atom stereocenters. The molecule has 0 spiro atoms. The van der Waals surface area contributed by atoms with Gasteiger partial charge in [0.2, 0.25) is 0 Å². The van der Waals surface area contributed by atoms with Crippen molar-refractivity contribution < 1.29 is 10.2 Å². The molecule has 2 N–H and O–H groups in total. The van der Waals surface area contributed by atoms with Crippen molar-refractivity contribution in [3.05, 3.63) is 33.8 Å². The van der Waals surface area contributed by atoms with Crippen molar-refractivity contribution in [1.82, 2.24) is 0 Å². The maximum Gasteiger partial charge on any atom is 0.0812 e. The monoisotopic (exact) mass is 244 g/mol. The van der Waals surface area contributed by atoms with Crippen LogP contribution in [0.3, 0.4) is 0 Å². The highest BCUT2D eigenvalue weighted by molar-refractivity contribution is 9.10. The Balaban J connectivity index is 2.87.